The summed E-state index contributed by atoms with van der Waals surface area (Å²) in [5.74, 6) is -0.395. The highest BCUT2D eigenvalue weighted by atomic mass is 19.1. The molecule has 0 heterocycles. The molecule has 0 fully saturated rings. The molecule has 1 atom stereocenters. The Kier molecular flexibility index (Phi) is 3.61. The quantitative estimate of drug-likeness (QED) is 0.802. The molecule has 0 amide bonds. The Balaban J connectivity index is 3.05. The Hall–Kier alpha value is -0.930. The van der Waals surface area contributed by atoms with Crippen molar-refractivity contribution in [1.29, 1.82) is 0 Å². The second-order valence-electron chi connectivity index (χ2n) is 3.30. The van der Waals surface area contributed by atoms with Gasteiger partial charge in [0, 0.05) is 12.7 Å². The second-order valence-corrected chi connectivity index (χ2v) is 3.30. The number of aliphatic hydroxyl groups is 1. The normalized spacial score (nSPS) is 15.1. The summed E-state index contributed by atoms with van der Waals surface area (Å²) in [5, 5.41) is 10.1. The molecule has 2 nitrogen and oxygen atoms in total. The average Bonchev–Trinajstić information content (AvgIpc) is 2.18. The van der Waals surface area contributed by atoms with E-state index in [2.05, 4.69) is 0 Å². The van der Waals surface area contributed by atoms with Crippen molar-refractivity contribution in [3.05, 3.63) is 35.6 Å². The number of halogens is 1. The third-order valence-electron chi connectivity index (χ3n) is 2.34. The van der Waals surface area contributed by atoms with Crippen molar-refractivity contribution in [2.75, 3.05) is 13.7 Å². The van der Waals surface area contributed by atoms with Gasteiger partial charge in [0.15, 0.2) is 0 Å². The molecule has 0 aliphatic carbocycles. The molecule has 0 aromatic heterocycles. The van der Waals surface area contributed by atoms with Crippen LogP contribution in [0.15, 0.2) is 24.3 Å². The lowest BCUT2D eigenvalue weighted by Crippen LogP contribution is -2.31. The lowest BCUT2D eigenvalue weighted by molar-refractivity contribution is -0.0409. The molecule has 1 rings (SSSR count). The lowest BCUT2D eigenvalue weighted by Gasteiger charge is -2.26. The van der Waals surface area contributed by atoms with Gasteiger partial charge in [0.05, 0.1) is 6.61 Å². The zero-order valence-electron chi connectivity index (χ0n) is 8.46. The predicted molar refractivity (Wildman–Crippen MR) is 52.5 cm³/mol. The SMILES string of the molecule is CCC(O)(COC)c1ccccc1F. The lowest BCUT2D eigenvalue weighted by atomic mass is 9.91. The fourth-order valence-electron chi connectivity index (χ4n) is 1.45. The van der Waals surface area contributed by atoms with Gasteiger partial charge in [-0.15, -0.1) is 0 Å². The van der Waals surface area contributed by atoms with Crippen LogP contribution in [-0.2, 0) is 10.3 Å². The van der Waals surface area contributed by atoms with Gasteiger partial charge in [-0.3, -0.25) is 0 Å². The van der Waals surface area contributed by atoms with E-state index in [4.69, 9.17) is 4.74 Å². The number of hydrogen-bond acceptors (Lipinski definition) is 2. The van der Waals surface area contributed by atoms with Gasteiger partial charge < -0.3 is 9.84 Å². The van der Waals surface area contributed by atoms with E-state index in [0.29, 0.717) is 12.0 Å². The van der Waals surface area contributed by atoms with Crippen LogP contribution in [0.4, 0.5) is 4.39 Å². The first-order chi connectivity index (χ1) is 6.64. The van der Waals surface area contributed by atoms with Crippen LogP contribution in [0, 0.1) is 5.82 Å². The van der Waals surface area contributed by atoms with Gasteiger partial charge in [-0.05, 0) is 12.5 Å². The molecular formula is C11H15FO2. The first-order valence-electron chi connectivity index (χ1n) is 4.60. The molecule has 1 aromatic carbocycles. The molecule has 0 radical (unpaired) electrons. The van der Waals surface area contributed by atoms with Crippen LogP contribution in [-0.4, -0.2) is 18.8 Å². The first-order valence-corrected chi connectivity index (χ1v) is 4.60. The molecule has 3 heteroatoms. The molecular weight excluding hydrogens is 183 g/mol. The predicted octanol–water partition coefficient (Wildman–Crippen LogP) is 2.07. The van der Waals surface area contributed by atoms with Gasteiger partial charge in [-0.25, -0.2) is 4.39 Å². The molecule has 1 unspecified atom stereocenters. The number of hydrogen-bond donors (Lipinski definition) is 1. The first kappa shape index (κ1) is 11.1. The topological polar surface area (TPSA) is 29.5 Å². The molecule has 1 N–H and O–H groups in total. The van der Waals surface area contributed by atoms with E-state index in [9.17, 15) is 9.50 Å². The van der Waals surface area contributed by atoms with Crippen molar-refractivity contribution < 1.29 is 14.2 Å². The van der Waals surface area contributed by atoms with E-state index < -0.39 is 11.4 Å². The molecule has 0 saturated carbocycles. The summed E-state index contributed by atoms with van der Waals surface area (Å²) in [7, 11) is 1.49. The van der Waals surface area contributed by atoms with Gasteiger partial charge in [-0.2, -0.15) is 0 Å². The van der Waals surface area contributed by atoms with Gasteiger partial charge >= 0.3 is 0 Å². The summed E-state index contributed by atoms with van der Waals surface area (Å²) in [6, 6.07) is 6.22. The minimum atomic E-state index is -1.22. The highest BCUT2D eigenvalue weighted by molar-refractivity contribution is 5.24. The van der Waals surface area contributed by atoms with Gasteiger partial charge in [0.1, 0.15) is 11.4 Å². The summed E-state index contributed by atoms with van der Waals surface area (Å²) in [5.41, 5.74) is -0.926. The Bertz CT molecular complexity index is 301. The molecule has 0 aliphatic rings. The summed E-state index contributed by atoms with van der Waals surface area (Å²) in [4.78, 5) is 0. The maximum absolute atomic E-state index is 13.4. The van der Waals surface area contributed by atoms with Gasteiger partial charge in [0.2, 0.25) is 0 Å². The molecule has 1 aromatic rings. The van der Waals surface area contributed by atoms with Crippen LogP contribution in [0.1, 0.15) is 18.9 Å². The Morgan fingerprint density at radius 3 is 2.57 bits per heavy atom. The van der Waals surface area contributed by atoms with Crippen LogP contribution >= 0.6 is 0 Å². The third-order valence-corrected chi connectivity index (χ3v) is 2.34. The van der Waals surface area contributed by atoms with E-state index >= 15 is 0 Å². The van der Waals surface area contributed by atoms with E-state index in [1.165, 1.54) is 13.2 Å². The largest absolute Gasteiger partial charge is 0.383 e. The van der Waals surface area contributed by atoms with Gasteiger partial charge in [-0.1, -0.05) is 25.1 Å². The van der Waals surface area contributed by atoms with Crippen LogP contribution in [0.3, 0.4) is 0 Å². The highest BCUT2D eigenvalue weighted by Crippen LogP contribution is 2.27. The minimum absolute atomic E-state index is 0.102. The molecule has 14 heavy (non-hydrogen) atoms. The maximum atomic E-state index is 13.4. The van der Waals surface area contributed by atoms with Crippen molar-refractivity contribution in [3.8, 4) is 0 Å². The standard InChI is InChI=1S/C11H15FO2/c1-3-11(13,8-14-2)9-6-4-5-7-10(9)12/h4-7,13H,3,8H2,1-2H3. The monoisotopic (exact) mass is 198 g/mol. The molecule has 0 spiro atoms. The van der Waals surface area contributed by atoms with Crippen LogP contribution in [0.5, 0.6) is 0 Å². The van der Waals surface area contributed by atoms with Crippen molar-refractivity contribution in [1.82, 2.24) is 0 Å². The smallest absolute Gasteiger partial charge is 0.129 e. The van der Waals surface area contributed by atoms with Gasteiger partial charge in [0.25, 0.3) is 0 Å². The van der Waals surface area contributed by atoms with E-state index in [1.54, 1.807) is 25.1 Å². The van der Waals surface area contributed by atoms with E-state index in [0.717, 1.165) is 0 Å². The van der Waals surface area contributed by atoms with Crippen LogP contribution in [0.25, 0.3) is 0 Å². The van der Waals surface area contributed by atoms with Crippen LogP contribution in [0.2, 0.25) is 0 Å². The molecule has 0 saturated heterocycles. The Morgan fingerprint density at radius 1 is 1.43 bits per heavy atom. The van der Waals surface area contributed by atoms with Crippen molar-refractivity contribution in [2.24, 2.45) is 0 Å². The van der Waals surface area contributed by atoms with Crippen molar-refractivity contribution in [3.63, 3.8) is 0 Å². The van der Waals surface area contributed by atoms with Crippen molar-refractivity contribution >= 4 is 0 Å². The fraction of sp³-hybridized carbons (Fsp3) is 0.455. The van der Waals surface area contributed by atoms with E-state index in [1.807, 2.05) is 0 Å². The second kappa shape index (κ2) is 4.53. The molecule has 78 valence electrons. The average molecular weight is 198 g/mol. The number of rotatable bonds is 4. The Labute approximate surface area is 83.3 Å². The summed E-state index contributed by atoms with van der Waals surface area (Å²) in [6.45, 7) is 1.90. The number of ether oxygens (including phenoxy) is 1. The fourth-order valence-corrected chi connectivity index (χ4v) is 1.45. The zero-order chi connectivity index (χ0) is 10.6. The summed E-state index contributed by atoms with van der Waals surface area (Å²) < 4.78 is 18.3. The Morgan fingerprint density at radius 2 is 2.07 bits per heavy atom. The highest BCUT2D eigenvalue weighted by Gasteiger charge is 2.29. The molecule has 0 bridgehead atoms. The number of methoxy groups -OCH3 is 1. The van der Waals surface area contributed by atoms with Crippen molar-refractivity contribution in [2.45, 2.75) is 18.9 Å². The zero-order valence-corrected chi connectivity index (χ0v) is 8.46. The summed E-state index contributed by atoms with van der Waals surface area (Å²) in [6.07, 6.45) is 0.418. The molecule has 0 aliphatic heterocycles. The third kappa shape index (κ3) is 2.11. The van der Waals surface area contributed by atoms with E-state index in [-0.39, 0.29) is 6.61 Å². The minimum Gasteiger partial charge on any atom is -0.383 e. The maximum Gasteiger partial charge on any atom is 0.129 e. The van der Waals surface area contributed by atoms with Crippen LogP contribution < -0.4 is 0 Å². The number of benzene rings is 1. The summed E-state index contributed by atoms with van der Waals surface area (Å²) >= 11 is 0.